The van der Waals surface area contributed by atoms with E-state index in [9.17, 15) is 0 Å². The van der Waals surface area contributed by atoms with Gasteiger partial charge in [0, 0.05) is 28.9 Å². The number of aromatic nitrogens is 2. The number of hydrogen-bond acceptors (Lipinski definition) is 1. The highest BCUT2D eigenvalue weighted by molar-refractivity contribution is 6.18. The third-order valence-corrected chi connectivity index (χ3v) is 8.83. The standard InChI is InChI=1S/C41H26N2/c1-2-6-35(7-3-1)43-40-9-5-4-8-37(40)39-26-38-34(25-41(39)43)15-14-33-24-32(16-17-36(33)38)31-13-12-29-22-28(10-11-30(29)23-31)27-18-20-42-21-19-27/h1-26H. The molecular weight excluding hydrogens is 520 g/mol. The van der Waals surface area contributed by atoms with Crippen LogP contribution in [0.4, 0.5) is 0 Å². The molecule has 2 aromatic heterocycles. The molecule has 0 unspecified atom stereocenters. The Bertz CT molecular complexity index is 2490. The fourth-order valence-electron chi connectivity index (χ4n) is 6.71. The molecule has 2 nitrogen and oxygen atoms in total. The van der Waals surface area contributed by atoms with Crippen LogP contribution in [0.1, 0.15) is 0 Å². The minimum absolute atomic E-state index is 1.18. The van der Waals surface area contributed by atoms with E-state index in [2.05, 4.69) is 155 Å². The van der Waals surface area contributed by atoms with E-state index in [-0.39, 0.29) is 0 Å². The van der Waals surface area contributed by atoms with Crippen molar-refractivity contribution in [3.05, 3.63) is 158 Å². The van der Waals surface area contributed by atoms with Crippen molar-refractivity contribution in [2.24, 2.45) is 0 Å². The maximum absolute atomic E-state index is 4.15. The molecule has 0 atom stereocenters. The summed E-state index contributed by atoms with van der Waals surface area (Å²) in [6.07, 6.45) is 3.69. The Kier molecular flexibility index (Phi) is 5.23. The zero-order valence-electron chi connectivity index (χ0n) is 23.4. The van der Waals surface area contributed by atoms with Crippen molar-refractivity contribution in [1.82, 2.24) is 9.55 Å². The lowest BCUT2D eigenvalue weighted by Crippen LogP contribution is -1.93. The topological polar surface area (TPSA) is 17.8 Å². The summed E-state index contributed by atoms with van der Waals surface area (Å²) >= 11 is 0. The molecule has 0 amide bonds. The molecule has 200 valence electrons. The Morgan fingerprint density at radius 1 is 0.349 bits per heavy atom. The van der Waals surface area contributed by atoms with Crippen molar-refractivity contribution >= 4 is 54.1 Å². The summed E-state index contributed by atoms with van der Waals surface area (Å²) in [7, 11) is 0. The first-order valence-corrected chi connectivity index (χ1v) is 14.7. The van der Waals surface area contributed by atoms with Gasteiger partial charge in [-0.1, -0.05) is 84.9 Å². The summed E-state index contributed by atoms with van der Waals surface area (Å²) in [5.41, 5.74) is 8.50. The lowest BCUT2D eigenvalue weighted by atomic mass is 9.94. The minimum Gasteiger partial charge on any atom is -0.309 e. The van der Waals surface area contributed by atoms with Gasteiger partial charge in [0.15, 0.2) is 0 Å². The predicted molar refractivity (Wildman–Crippen MR) is 182 cm³/mol. The summed E-state index contributed by atoms with van der Waals surface area (Å²) in [5, 5.41) is 10.1. The molecule has 0 bridgehead atoms. The van der Waals surface area contributed by atoms with Gasteiger partial charge in [0.05, 0.1) is 11.0 Å². The first kappa shape index (κ1) is 23.9. The summed E-state index contributed by atoms with van der Waals surface area (Å²) in [4.78, 5) is 4.15. The first-order valence-electron chi connectivity index (χ1n) is 14.7. The molecule has 0 radical (unpaired) electrons. The van der Waals surface area contributed by atoms with Gasteiger partial charge in [0.1, 0.15) is 0 Å². The molecule has 0 saturated carbocycles. The molecule has 9 aromatic rings. The van der Waals surface area contributed by atoms with Gasteiger partial charge in [-0.15, -0.1) is 0 Å². The largest absolute Gasteiger partial charge is 0.309 e. The summed E-state index contributed by atoms with van der Waals surface area (Å²) < 4.78 is 2.39. The van der Waals surface area contributed by atoms with Crippen molar-refractivity contribution in [2.75, 3.05) is 0 Å². The molecule has 0 fully saturated rings. The van der Waals surface area contributed by atoms with Crippen molar-refractivity contribution in [3.8, 4) is 27.9 Å². The molecule has 2 heterocycles. The molecule has 0 aliphatic heterocycles. The van der Waals surface area contributed by atoms with Crippen molar-refractivity contribution in [1.29, 1.82) is 0 Å². The maximum atomic E-state index is 4.15. The second-order valence-corrected chi connectivity index (χ2v) is 11.3. The Hall–Kier alpha value is -5.73. The fraction of sp³-hybridized carbons (Fsp3) is 0. The van der Waals surface area contributed by atoms with Crippen LogP contribution in [-0.2, 0) is 0 Å². The van der Waals surface area contributed by atoms with Crippen molar-refractivity contribution in [3.63, 3.8) is 0 Å². The van der Waals surface area contributed by atoms with Crippen LogP contribution in [-0.4, -0.2) is 9.55 Å². The highest BCUT2D eigenvalue weighted by atomic mass is 15.0. The van der Waals surface area contributed by atoms with Gasteiger partial charge in [-0.2, -0.15) is 0 Å². The number of hydrogen-bond donors (Lipinski definition) is 0. The SMILES string of the molecule is c1ccc(-n2c3ccccc3c3cc4c(ccc5cc(-c6ccc7cc(-c8ccncc8)ccc7c6)ccc54)cc32)cc1. The quantitative estimate of drug-likeness (QED) is 0.202. The molecule has 0 saturated heterocycles. The Labute approximate surface area is 249 Å². The summed E-state index contributed by atoms with van der Waals surface area (Å²) in [5.74, 6) is 0. The van der Waals surface area contributed by atoms with Crippen LogP contribution in [0.15, 0.2) is 158 Å². The van der Waals surface area contributed by atoms with Gasteiger partial charge in [-0.3, -0.25) is 4.98 Å². The highest BCUT2D eigenvalue weighted by Crippen LogP contribution is 2.38. The molecule has 0 aliphatic carbocycles. The molecule has 0 spiro atoms. The number of para-hydroxylation sites is 2. The van der Waals surface area contributed by atoms with E-state index in [4.69, 9.17) is 0 Å². The number of fused-ring (bicyclic) bond motifs is 7. The average Bonchev–Trinajstić information content (AvgIpc) is 3.40. The van der Waals surface area contributed by atoms with Crippen LogP contribution in [0.3, 0.4) is 0 Å². The highest BCUT2D eigenvalue weighted by Gasteiger charge is 2.14. The van der Waals surface area contributed by atoms with Crippen LogP contribution >= 0.6 is 0 Å². The Balaban J connectivity index is 1.18. The second kappa shape index (κ2) is 9.40. The fourth-order valence-corrected chi connectivity index (χ4v) is 6.71. The van der Waals surface area contributed by atoms with Crippen LogP contribution < -0.4 is 0 Å². The smallest absolute Gasteiger partial charge is 0.0547 e. The van der Waals surface area contributed by atoms with E-state index in [0.29, 0.717) is 0 Å². The third-order valence-electron chi connectivity index (χ3n) is 8.83. The van der Waals surface area contributed by atoms with Gasteiger partial charge in [-0.25, -0.2) is 0 Å². The monoisotopic (exact) mass is 546 g/mol. The average molecular weight is 547 g/mol. The number of nitrogens with zero attached hydrogens (tertiary/aromatic N) is 2. The van der Waals surface area contributed by atoms with Crippen molar-refractivity contribution < 1.29 is 0 Å². The zero-order chi connectivity index (χ0) is 28.3. The number of rotatable bonds is 3. The van der Waals surface area contributed by atoms with Gasteiger partial charge in [0.25, 0.3) is 0 Å². The lowest BCUT2D eigenvalue weighted by molar-refractivity contribution is 1.18. The van der Waals surface area contributed by atoms with Crippen molar-refractivity contribution in [2.45, 2.75) is 0 Å². The molecular formula is C41H26N2. The normalized spacial score (nSPS) is 11.7. The molecule has 2 heteroatoms. The van der Waals surface area contributed by atoms with Gasteiger partial charge < -0.3 is 4.57 Å². The first-order chi connectivity index (χ1) is 21.3. The van der Waals surface area contributed by atoms with Gasteiger partial charge in [-0.05, 0) is 115 Å². The van der Waals surface area contributed by atoms with Crippen LogP contribution in [0.5, 0.6) is 0 Å². The molecule has 0 aliphatic rings. The van der Waals surface area contributed by atoms with Crippen LogP contribution in [0.25, 0.3) is 82.1 Å². The van der Waals surface area contributed by atoms with Crippen LogP contribution in [0, 0.1) is 0 Å². The van der Waals surface area contributed by atoms with E-state index in [1.165, 1.54) is 82.1 Å². The van der Waals surface area contributed by atoms with E-state index in [1.807, 2.05) is 12.4 Å². The number of benzene rings is 7. The maximum Gasteiger partial charge on any atom is 0.0547 e. The predicted octanol–water partition coefficient (Wildman–Crippen LogP) is 11.0. The summed E-state index contributed by atoms with van der Waals surface area (Å²) in [6.45, 7) is 0. The van der Waals surface area contributed by atoms with E-state index >= 15 is 0 Å². The minimum atomic E-state index is 1.18. The summed E-state index contributed by atoms with van der Waals surface area (Å²) in [6, 6.07) is 53.2. The Morgan fingerprint density at radius 2 is 0.953 bits per heavy atom. The second-order valence-electron chi connectivity index (χ2n) is 11.3. The molecule has 9 rings (SSSR count). The van der Waals surface area contributed by atoms with E-state index in [1.54, 1.807) is 0 Å². The lowest BCUT2D eigenvalue weighted by Gasteiger charge is -2.11. The Morgan fingerprint density at radius 3 is 1.72 bits per heavy atom. The van der Waals surface area contributed by atoms with Crippen LogP contribution in [0.2, 0.25) is 0 Å². The van der Waals surface area contributed by atoms with Gasteiger partial charge >= 0.3 is 0 Å². The number of pyridine rings is 1. The third kappa shape index (κ3) is 3.84. The van der Waals surface area contributed by atoms with E-state index < -0.39 is 0 Å². The molecule has 43 heavy (non-hydrogen) atoms. The zero-order valence-corrected chi connectivity index (χ0v) is 23.4. The molecule has 7 aromatic carbocycles. The van der Waals surface area contributed by atoms with E-state index in [0.717, 1.165) is 0 Å². The molecule has 0 N–H and O–H groups in total. The van der Waals surface area contributed by atoms with Gasteiger partial charge in [0.2, 0.25) is 0 Å².